The van der Waals surface area contributed by atoms with Gasteiger partial charge in [-0.15, -0.1) is 11.3 Å². The number of carbonyl (C=O) groups is 1. The second kappa shape index (κ2) is 5.95. The number of anilines is 1. The van der Waals surface area contributed by atoms with Gasteiger partial charge in [0, 0.05) is 27.7 Å². The van der Waals surface area contributed by atoms with Crippen molar-refractivity contribution in [2.45, 2.75) is 28.6 Å². The Morgan fingerprint density at radius 3 is 3.15 bits per heavy atom. The number of rotatable bonds is 5. The second-order valence-electron chi connectivity index (χ2n) is 4.53. The Hall–Kier alpha value is -1.37. The van der Waals surface area contributed by atoms with Crippen LogP contribution in [0, 0.1) is 0 Å². The number of aromatic nitrogens is 1. The van der Waals surface area contributed by atoms with Gasteiger partial charge in [0.15, 0.2) is 4.34 Å². The van der Waals surface area contributed by atoms with Gasteiger partial charge in [-0.25, -0.2) is 4.98 Å². The maximum absolute atomic E-state index is 12.0. The molecular formula is C14H15N3OS2. The number of hydrogen-bond donors (Lipinski definition) is 2. The molecule has 1 aliphatic rings. The predicted octanol–water partition coefficient (Wildman–Crippen LogP) is 3.29. The first-order valence-electron chi connectivity index (χ1n) is 6.53. The minimum Gasteiger partial charge on any atom is -0.324 e. The van der Waals surface area contributed by atoms with Crippen LogP contribution in [0.25, 0.3) is 0 Å². The Morgan fingerprint density at radius 2 is 2.40 bits per heavy atom. The van der Waals surface area contributed by atoms with Crippen LogP contribution in [0.15, 0.2) is 39.0 Å². The molecule has 2 N–H and O–H groups in total. The fourth-order valence-electron chi connectivity index (χ4n) is 2.16. The first kappa shape index (κ1) is 13.6. The van der Waals surface area contributed by atoms with Crippen LogP contribution in [0.4, 0.5) is 5.69 Å². The van der Waals surface area contributed by atoms with Gasteiger partial charge in [0.1, 0.15) is 6.04 Å². The van der Waals surface area contributed by atoms with E-state index in [-0.39, 0.29) is 11.9 Å². The third kappa shape index (κ3) is 2.72. The molecular weight excluding hydrogens is 290 g/mol. The molecule has 1 aromatic carbocycles. The lowest BCUT2D eigenvalue weighted by molar-refractivity contribution is -0.117. The number of fused-ring (bicyclic) bond motifs is 1. The fourth-order valence-corrected chi connectivity index (χ4v) is 3.79. The van der Waals surface area contributed by atoms with Gasteiger partial charge in [-0.2, -0.15) is 0 Å². The van der Waals surface area contributed by atoms with Crippen molar-refractivity contribution in [2.24, 2.45) is 0 Å². The molecule has 0 radical (unpaired) electrons. The Labute approximate surface area is 126 Å². The van der Waals surface area contributed by atoms with Gasteiger partial charge in [-0.3, -0.25) is 4.79 Å². The molecule has 0 fully saturated rings. The van der Waals surface area contributed by atoms with Crippen molar-refractivity contribution in [3.8, 4) is 0 Å². The van der Waals surface area contributed by atoms with Crippen LogP contribution in [-0.2, 0) is 4.79 Å². The SMILES string of the molecule is CCCNC1C(=O)Nc2cc(Sc3nccs3)ccc21. The molecule has 0 saturated carbocycles. The number of thiazole rings is 1. The van der Waals surface area contributed by atoms with Crippen molar-refractivity contribution >= 4 is 34.7 Å². The van der Waals surface area contributed by atoms with Crippen LogP contribution < -0.4 is 10.6 Å². The molecule has 3 rings (SSSR count). The van der Waals surface area contributed by atoms with E-state index in [2.05, 4.69) is 22.5 Å². The number of carbonyl (C=O) groups excluding carboxylic acids is 1. The quantitative estimate of drug-likeness (QED) is 0.890. The maximum Gasteiger partial charge on any atom is 0.246 e. The van der Waals surface area contributed by atoms with Crippen molar-refractivity contribution in [1.29, 1.82) is 0 Å². The molecule has 1 aliphatic heterocycles. The van der Waals surface area contributed by atoms with E-state index in [0.717, 1.165) is 33.5 Å². The summed E-state index contributed by atoms with van der Waals surface area (Å²) in [5.74, 6) is 0.0323. The second-order valence-corrected chi connectivity index (χ2v) is 6.74. The Kier molecular flexibility index (Phi) is 4.05. The van der Waals surface area contributed by atoms with Crippen LogP contribution in [0.5, 0.6) is 0 Å². The van der Waals surface area contributed by atoms with Crippen LogP contribution in [0.2, 0.25) is 0 Å². The highest BCUT2D eigenvalue weighted by Crippen LogP contribution is 2.36. The van der Waals surface area contributed by atoms with Gasteiger partial charge in [0.25, 0.3) is 0 Å². The third-order valence-electron chi connectivity index (χ3n) is 3.07. The Bertz CT molecular complexity index is 613. The molecule has 104 valence electrons. The molecule has 4 nitrogen and oxygen atoms in total. The van der Waals surface area contributed by atoms with Crippen molar-refractivity contribution in [2.75, 3.05) is 11.9 Å². The molecule has 0 bridgehead atoms. The molecule has 0 spiro atoms. The molecule has 20 heavy (non-hydrogen) atoms. The van der Waals surface area contributed by atoms with E-state index < -0.39 is 0 Å². The molecule has 0 saturated heterocycles. The van der Waals surface area contributed by atoms with Gasteiger partial charge in [0.05, 0.1) is 0 Å². The van der Waals surface area contributed by atoms with Crippen molar-refractivity contribution < 1.29 is 4.79 Å². The van der Waals surface area contributed by atoms with E-state index in [0.29, 0.717) is 0 Å². The fraction of sp³-hybridized carbons (Fsp3) is 0.286. The van der Waals surface area contributed by atoms with E-state index in [9.17, 15) is 4.79 Å². The smallest absolute Gasteiger partial charge is 0.246 e. The summed E-state index contributed by atoms with van der Waals surface area (Å²) in [5, 5.41) is 8.18. The summed E-state index contributed by atoms with van der Waals surface area (Å²) >= 11 is 3.23. The minimum atomic E-state index is -0.219. The van der Waals surface area contributed by atoms with Crippen molar-refractivity contribution in [3.05, 3.63) is 35.3 Å². The maximum atomic E-state index is 12.0. The number of nitrogens with zero attached hydrogens (tertiary/aromatic N) is 1. The average Bonchev–Trinajstić information content (AvgIpc) is 3.03. The molecule has 0 aliphatic carbocycles. The first-order valence-corrected chi connectivity index (χ1v) is 8.23. The van der Waals surface area contributed by atoms with E-state index in [1.165, 1.54) is 0 Å². The highest BCUT2D eigenvalue weighted by Gasteiger charge is 2.29. The van der Waals surface area contributed by atoms with Gasteiger partial charge in [-0.1, -0.05) is 24.8 Å². The van der Waals surface area contributed by atoms with Gasteiger partial charge >= 0.3 is 0 Å². The van der Waals surface area contributed by atoms with E-state index in [1.54, 1.807) is 29.3 Å². The van der Waals surface area contributed by atoms with Crippen LogP contribution >= 0.6 is 23.1 Å². The summed E-state index contributed by atoms with van der Waals surface area (Å²) in [5.41, 5.74) is 1.94. The molecule has 2 heterocycles. The lowest BCUT2D eigenvalue weighted by atomic mass is 10.1. The predicted molar refractivity (Wildman–Crippen MR) is 82.3 cm³/mol. The highest BCUT2D eigenvalue weighted by atomic mass is 32.2. The van der Waals surface area contributed by atoms with Crippen LogP contribution in [-0.4, -0.2) is 17.4 Å². The molecule has 1 unspecified atom stereocenters. The molecule has 1 atom stereocenters. The van der Waals surface area contributed by atoms with Gasteiger partial charge < -0.3 is 10.6 Å². The molecule has 2 aromatic rings. The summed E-state index contributed by atoms with van der Waals surface area (Å²) in [6, 6.07) is 5.87. The summed E-state index contributed by atoms with van der Waals surface area (Å²) in [6.45, 7) is 2.93. The summed E-state index contributed by atoms with van der Waals surface area (Å²) in [4.78, 5) is 17.3. The molecule has 1 aromatic heterocycles. The van der Waals surface area contributed by atoms with Crippen LogP contribution in [0.1, 0.15) is 24.9 Å². The van der Waals surface area contributed by atoms with Gasteiger partial charge in [-0.05, 0) is 25.1 Å². The topological polar surface area (TPSA) is 54.0 Å². The van der Waals surface area contributed by atoms with Crippen molar-refractivity contribution in [1.82, 2.24) is 10.3 Å². The van der Waals surface area contributed by atoms with Gasteiger partial charge in [0.2, 0.25) is 5.91 Å². The summed E-state index contributed by atoms with van der Waals surface area (Å²) in [6.07, 6.45) is 2.81. The van der Waals surface area contributed by atoms with E-state index in [1.807, 2.05) is 23.6 Å². The zero-order valence-corrected chi connectivity index (χ0v) is 12.7. The lowest BCUT2D eigenvalue weighted by Crippen LogP contribution is -2.27. The number of nitrogens with one attached hydrogen (secondary N) is 2. The monoisotopic (exact) mass is 305 g/mol. The number of benzene rings is 1. The number of hydrogen-bond acceptors (Lipinski definition) is 5. The van der Waals surface area contributed by atoms with E-state index >= 15 is 0 Å². The zero-order chi connectivity index (χ0) is 13.9. The van der Waals surface area contributed by atoms with Crippen molar-refractivity contribution in [3.63, 3.8) is 0 Å². The van der Waals surface area contributed by atoms with E-state index in [4.69, 9.17) is 0 Å². The first-order chi connectivity index (χ1) is 9.78. The molecule has 6 heteroatoms. The Balaban J connectivity index is 1.80. The summed E-state index contributed by atoms with van der Waals surface area (Å²) in [7, 11) is 0. The largest absolute Gasteiger partial charge is 0.324 e. The Morgan fingerprint density at radius 1 is 1.50 bits per heavy atom. The number of amides is 1. The minimum absolute atomic E-state index is 0.0323. The highest BCUT2D eigenvalue weighted by molar-refractivity contribution is 8.01. The standard InChI is InChI=1S/C14H15N3OS2/c1-2-5-15-12-10-4-3-9(8-11(10)17-13(12)18)20-14-16-6-7-19-14/h3-4,6-8,12,15H,2,5H2,1H3,(H,17,18). The summed E-state index contributed by atoms with van der Waals surface area (Å²) < 4.78 is 1.01. The van der Waals surface area contributed by atoms with Crippen LogP contribution in [0.3, 0.4) is 0 Å². The third-order valence-corrected chi connectivity index (χ3v) is 4.94. The lowest BCUT2D eigenvalue weighted by Gasteiger charge is -2.10. The normalized spacial score (nSPS) is 17.1. The average molecular weight is 305 g/mol. The molecule has 1 amide bonds. The zero-order valence-electron chi connectivity index (χ0n) is 11.1.